The summed E-state index contributed by atoms with van der Waals surface area (Å²) in [5.41, 5.74) is 3.58. The third-order valence-electron chi connectivity index (χ3n) is 4.04. The van der Waals surface area contributed by atoms with Crippen molar-refractivity contribution in [2.45, 2.75) is 25.7 Å². The van der Waals surface area contributed by atoms with Gasteiger partial charge in [0.2, 0.25) is 5.95 Å². The average Bonchev–Trinajstić information content (AvgIpc) is 2.61. The predicted octanol–water partition coefficient (Wildman–Crippen LogP) is 3.82. The molecule has 2 N–H and O–H groups in total. The van der Waals surface area contributed by atoms with Gasteiger partial charge in [-0.3, -0.25) is 4.72 Å². The lowest BCUT2D eigenvalue weighted by Gasteiger charge is -2.14. The van der Waals surface area contributed by atoms with Crippen molar-refractivity contribution in [2.75, 3.05) is 10.0 Å². The number of sulfonamides is 1. The van der Waals surface area contributed by atoms with Crippen LogP contribution in [0.2, 0.25) is 0 Å². The van der Waals surface area contributed by atoms with E-state index in [9.17, 15) is 8.42 Å². The SMILES string of the molecule is Cc1cc(C)c(S(=O)(=O)Nc2ccnc(Nc3ccc(C#N)cc3)n2)c(C)c1. The van der Waals surface area contributed by atoms with Crippen LogP contribution in [0.4, 0.5) is 17.5 Å². The number of aryl methyl sites for hydroxylation is 3. The minimum absolute atomic E-state index is 0.158. The van der Waals surface area contributed by atoms with E-state index in [1.54, 1.807) is 38.1 Å². The number of nitrogens with one attached hydrogen (secondary N) is 2. The Balaban J connectivity index is 1.85. The normalized spacial score (nSPS) is 10.9. The first-order valence-corrected chi connectivity index (χ1v) is 9.98. The molecule has 0 fully saturated rings. The molecule has 1 heterocycles. The molecule has 3 rings (SSSR count). The summed E-state index contributed by atoms with van der Waals surface area (Å²) in [5.74, 6) is 0.396. The second-order valence-corrected chi connectivity index (χ2v) is 8.03. The van der Waals surface area contributed by atoms with E-state index in [0.29, 0.717) is 22.4 Å². The first-order chi connectivity index (χ1) is 13.3. The monoisotopic (exact) mass is 393 g/mol. The number of anilines is 3. The molecule has 0 amide bonds. The lowest BCUT2D eigenvalue weighted by Crippen LogP contribution is -2.17. The van der Waals surface area contributed by atoms with E-state index in [2.05, 4.69) is 20.0 Å². The van der Waals surface area contributed by atoms with Gasteiger partial charge in [-0.25, -0.2) is 13.4 Å². The minimum Gasteiger partial charge on any atom is -0.324 e. The zero-order chi connectivity index (χ0) is 20.3. The largest absolute Gasteiger partial charge is 0.324 e. The van der Waals surface area contributed by atoms with Gasteiger partial charge in [-0.2, -0.15) is 10.2 Å². The van der Waals surface area contributed by atoms with Crippen LogP contribution in [0.1, 0.15) is 22.3 Å². The van der Waals surface area contributed by atoms with Gasteiger partial charge in [0.25, 0.3) is 10.0 Å². The van der Waals surface area contributed by atoms with Crippen LogP contribution in [0.15, 0.2) is 53.6 Å². The van der Waals surface area contributed by atoms with Crippen LogP contribution in [-0.2, 0) is 10.0 Å². The Hall–Kier alpha value is -3.44. The van der Waals surface area contributed by atoms with Crippen LogP contribution < -0.4 is 10.0 Å². The molecular formula is C20H19N5O2S. The molecule has 0 aliphatic carbocycles. The molecule has 0 unspecified atom stereocenters. The molecule has 0 saturated carbocycles. The molecule has 0 bridgehead atoms. The lowest BCUT2D eigenvalue weighted by atomic mass is 10.1. The zero-order valence-corrected chi connectivity index (χ0v) is 16.5. The number of nitrogens with zero attached hydrogens (tertiary/aromatic N) is 3. The van der Waals surface area contributed by atoms with Gasteiger partial charge in [0.15, 0.2) is 0 Å². The third kappa shape index (κ3) is 4.27. The van der Waals surface area contributed by atoms with E-state index in [0.717, 1.165) is 5.56 Å². The van der Waals surface area contributed by atoms with Crippen molar-refractivity contribution in [3.05, 3.63) is 70.9 Å². The third-order valence-corrected chi connectivity index (χ3v) is 5.70. The molecule has 0 atom stereocenters. The number of hydrogen-bond donors (Lipinski definition) is 2. The molecule has 0 aliphatic heterocycles. The fourth-order valence-electron chi connectivity index (χ4n) is 3.01. The summed E-state index contributed by atoms with van der Waals surface area (Å²) < 4.78 is 28.3. The maximum absolute atomic E-state index is 12.9. The summed E-state index contributed by atoms with van der Waals surface area (Å²) in [6.07, 6.45) is 1.46. The van der Waals surface area contributed by atoms with Crippen LogP contribution in [-0.4, -0.2) is 18.4 Å². The Bertz CT molecular complexity index is 1140. The van der Waals surface area contributed by atoms with Crippen molar-refractivity contribution in [1.29, 1.82) is 5.26 Å². The van der Waals surface area contributed by atoms with Crippen molar-refractivity contribution < 1.29 is 8.42 Å². The summed E-state index contributed by atoms with van der Waals surface area (Å²) in [4.78, 5) is 8.57. The number of aromatic nitrogens is 2. The molecule has 0 spiro atoms. The second kappa shape index (κ2) is 7.66. The van der Waals surface area contributed by atoms with Gasteiger partial charge >= 0.3 is 0 Å². The van der Waals surface area contributed by atoms with E-state index < -0.39 is 10.0 Å². The predicted molar refractivity (Wildman–Crippen MR) is 108 cm³/mol. The Morgan fingerprint density at radius 3 is 2.25 bits per heavy atom. The number of nitriles is 1. The molecule has 2 aromatic carbocycles. The van der Waals surface area contributed by atoms with Gasteiger partial charge < -0.3 is 5.32 Å². The molecule has 7 nitrogen and oxygen atoms in total. The summed E-state index contributed by atoms with van der Waals surface area (Å²) in [7, 11) is -3.79. The lowest BCUT2D eigenvalue weighted by molar-refractivity contribution is 0.600. The molecule has 0 aliphatic rings. The van der Waals surface area contributed by atoms with Crippen molar-refractivity contribution in [1.82, 2.24) is 9.97 Å². The van der Waals surface area contributed by atoms with Crippen LogP contribution in [0.3, 0.4) is 0 Å². The molecule has 0 radical (unpaired) electrons. The standard InChI is InChI=1S/C20H19N5O2S/c1-13-10-14(2)19(15(3)11-13)28(26,27)25-18-8-9-22-20(24-18)23-17-6-4-16(12-21)5-7-17/h4-11H,1-3H3,(H2,22,23,24,25). The highest BCUT2D eigenvalue weighted by atomic mass is 32.2. The first-order valence-electron chi connectivity index (χ1n) is 8.49. The van der Waals surface area contributed by atoms with Gasteiger partial charge in [-0.05, 0) is 62.2 Å². The maximum atomic E-state index is 12.9. The van der Waals surface area contributed by atoms with Crippen molar-refractivity contribution in [3.8, 4) is 6.07 Å². The number of hydrogen-bond acceptors (Lipinski definition) is 6. The molecule has 0 saturated heterocycles. The molecule has 1 aromatic heterocycles. The summed E-state index contributed by atoms with van der Waals surface area (Å²) in [5, 5.41) is 11.8. The van der Waals surface area contributed by atoms with Crippen LogP contribution in [0, 0.1) is 32.1 Å². The Kier molecular flexibility index (Phi) is 5.29. The topological polar surface area (TPSA) is 108 Å². The Morgan fingerprint density at radius 1 is 1.00 bits per heavy atom. The molecule has 28 heavy (non-hydrogen) atoms. The molecule has 142 valence electrons. The number of benzene rings is 2. The van der Waals surface area contributed by atoms with E-state index >= 15 is 0 Å². The van der Waals surface area contributed by atoms with Crippen molar-refractivity contribution in [3.63, 3.8) is 0 Å². The summed E-state index contributed by atoms with van der Waals surface area (Å²) in [6, 6.07) is 14.0. The van der Waals surface area contributed by atoms with Gasteiger partial charge in [0, 0.05) is 11.9 Å². The highest BCUT2D eigenvalue weighted by Gasteiger charge is 2.20. The Morgan fingerprint density at radius 2 is 1.64 bits per heavy atom. The number of rotatable bonds is 5. The van der Waals surface area contributed by atoms with Crippen LogP contribution in [0.25, 0.3) is 0 Å². The van der Waals surface area contributed by atoms with E-state index in [-0.39, 0.29) is 16.7 Å². The molecular weight excluding hydrogens is 374 g/mol. The molecule has 8 heteroatoms. The highest BCUT2D eigenvalue weighted by molar-refractivity contribution is 7.92. The highest BCUT2D eigenvalue weighted by Crippen LogP contribution is 2.24. The molecule has 3 aromatic rings. The van der Waals surface area contributed by atoms with Gasteiger partial charge in [-0.1, -0.05) is 17.7 Å². The smallest absolute Gasteiger partial charge is 0.263 e. The van der Waals surface area contributed by atoms with E-state index in [1.807, 2.05) is 25.1 Å². The fraction of sp³-hybridized carbons (Fsp3) is 0.150. The van der Waals surface area contributed by atoms with Crippen molar-refractivity contribution in [2.24, 2.45) is 0 Å². The zero-order valence-electron chi connectivity index (χ0n) is 15.7. The summed E-state index contributed by atoms with van der Waals surface area (Å²) in [6.45, 7) is 5.47. The van der Waals surface area contributed by atoms with Crippen molar-refractivity contribution >= 4 is 27.5 Å². The Labute approximate surface area is 164 Å². The minimum atomic E-state index is -3.79. The summed E-state index contributed by atoms with van der Waals surface area (Å²) >= 11 is 0. The average molecular weight is 393 g/mol. The van der Waals surface area contributed by atoms with Crippen LogP contribution >= 0.6 is 0 Å². The van der Waals surface area contributed by atoms with Gasteiger partial charge in [-0.15, -0.1) is 0 Å². The van der Waals surface area contributed by atoms with Gasteiger partial charge in [0.1, 0.15) is 5.82 Å². The quantitative estimate of drug-likeness (QED) is 0.682. The van der Waals surface area contributed by atoms with Gasteiger partial charge in [0.05, 0.1) is 16.5 Å². The maximum Gasteiger partial charge on any atom is 0.263 e. The second-order valence-electron chi connectivity index (χ2n) is 6.41. The first kappa shape index (κ1) is 19.3. The fourth-order valence-corrected chi connectivity index (χ4v) is 4.47. The van der Waals surface area contributed by atoms with E-state index in [1.165, 1.54) is 12.3 Å². The van der Waals surface area contributed by atoms with E-state index in [4.69, 9.17) is 5.26 Å². The van der Waals surface area contributed by atoms with Crippen LogP contribution in [0.5, 0.6) is 0 Å².